The quantitative estimate of drug-likeness (QED) is 0.210. The maximum absolute atomic E-state index is 13.5. The second-order valence-electron chi connectivity index (χ2n) is 10.1. The summed E-state index contributed by atoms with van der Waals surface area (Å²) in [6, 6.07) is 16.0. The van der Waals surface area contributed by atoms with Gasteiger partial charge in [0.2, 0.25) is 5.95 Å². The molecular formula is C31H29N3O4. The predicted octanol–water partition coefficient (Wildman–Crippen LogP) is 5.69. The molecule has 1 fully saturated rings. The predicted molar refractivity (Wildman–Crippen MR) is 146 cm³/mol. The van der Waals surface area contributed by atoms with Crippen LogP contribution in [0.25, 0.3) is 16.8 Å². The molecule has 3 aromatic carbocycles. The van der Waals surface area contributed by atoms with E-state index in [2.05, 4.69) is 9.97 Å². The van der Waals surface area contributed by atoms with Gasteiger partial charge in [-0.25, -0.2) is 4.98 Å². The summed E-state index contributed by atoms with van der Waals surface area (Å²) in [6.07, 6.45) is 4.19. The standard InChI is InChI=1S/C31H29N3O4/c1-17-14-24-25(15-18(17)2)33-31(32-24)34-27(20-10-12-23(38-3)13-11-20)26(29(36)30(34)37)28(35)22-9-8-19-6-4-5-7-21(19)16-22/h8-16,27,35H,4-7H2,1-3H3,(H,32,33)/b28-26+. The number of ether oxygens (including phenoxy) is 1. The average Bonchev–Trinajstić information content (AvgIpc) is 3.45. The Morgan fingerprint density at radius 3 is 2.42 bits per heavy atom. The van der Waals surface area contributed by atoms with Crippen molar-refractivity contribution in [3.63, 3.8) is 0 Å². The van der Waals surface area contributed by atoms with Crippen molar-refractivity contribution in [1.29, 1.82) is 0 Å². The van der Waals surface area contributed by atoms with Gasteiger partial charge in [-0.1, -0.05) is 24.3 Å². The van der Waals surface area contributed by atoms with Crippen LogP contribution < -0.4 is 9.64 Å². The number of aliphatic hydroxyl groups is 1. The first-order valence-corrected chi connectivity index (χ1v) is 12.9. The van der Waals surface area contributed by atoms with Crippen LogP contribution in [-0.4, -0.2) is 33.9 Å². The number of aromatic nitrogens is 2. The molecule has 192 valence electrons. The second kappa shape index (κ2) is 9.17. The third-order valence-electron chi connectivity index (χ3n) is 7.81. The molecule has 6 rings (SSSR count). The van der Waals surface area contributed by atoms with E-state index >= 15 is 0 Å². The molecule has 1 aromatic heterocycles. The molecule has 4 aromatic rings. The topological polar surface area (TPSA) is 95.5 Å². The molecule has 1 aliphatic heterocycles. The Kier molecular flexibility index (Phi) is 5.79. The Labute approximate surface area is 220 Å². The van der Waals surface area contributed by atoms with Crippen molar-refractivity contribution in [3.05, 3.63) is 93.6 Å². The van der Waals surface area contributed by atoms with E-state index in [-0.39, 0.29) is 17.3 Å². The fourth-order valence-electron chi connectivity index (χ4n) is 5.56. The van der Waals surface area contributed by atoms with Gasteiger partial charge in [0.1, 0.15) is 11.5 Å². The van der Waals surface area contributed by atoms with Crippen LogP contribution in [0.15, 0.2) is 60.2 Å². The van der Waals surface area contributed by atoms with E-state index in [0.29, 0.717) is 22.4 Å². The highest BCUT2D eigenvalue weighted by Crippen LogP contribution is 2.42. The number of ketones is 1. The van der Waals surface area contributed by atoms with Gasteiger partial charge >= 0.3 is 5.91 Å². The Hall–Kier alpha value is -4.39. The van der Waals surface area contributed by atoms with Crippen LogP contribution in [0.4, 0.5) is 5.95 Å². The summed E-state index contributed by atoms with van der Waals surface area (Å²) in [5.74, 6) is -0.748. The number of carbonyl (C=O) groups excluding carboxylic acids is 2. The van der Waals surface area contributed by atoms with Crippen LogP contribution in [0.2, 0.25) is 0 Å². The number of H-pyrrole nitrogens is 1. The number of hydrogen-bond acceptors (Lipinski definition) is 5. The number of imidazole rings is 1. The van der Waals surface area contributed by atoms with E-state index in [9.17, 15) is 14.7 Å². The van der Waals surface area contributed by atoms with Crippen LogP contribution in [0.1, 0.15) is 52.3 Å². The van der Waals surface area contributed by atoms with Crippen LogP contribution in [-0.2, 0) is 22.4 Å². The zero-order chi connectivity index (χ0) is 26.6. The number of aliphatic hydroxyl groups excluding tert-OH is 1. The minimum absolute atomic E-state index is 0.0451. The molecule has 1 saturated heterocycles. The first-order chi connectivity index (χ1) is 18.4. The summed E-state index contributed by atoms with van der Waals surface area (Å²) >= 11 is 0. The number of aromatic amines is 1. The molecule has 0 radical (unpaired) electrons. The largest absolute Gasteiger partial charge is 0.507 e. The number of benzene rings is 3. The SMILES string of the molecule is COc1ccc(C2/C(=C(\O)c3ccc4c(c3)CCCC4)C(=O)C(=O)N2c2nc3cc(C)c(C)cc3[nH]2)cc1. The molecule has 0 bridgehead atoms. The lowest BCUT2D eigenvalue weighted by atomic mass is 9.89. The van der Waals surface area contributed by atoms with Crippen molar-refractivity contribution in [2.75, 3.05) is 12.0 Å². The van der Waals surface area contributed by atoms with Gasteiger partial charge in [0.15, 0.2) is 0 Å². The number of rotatable bonds is 4. The summed E-state index contributed by atoms with van der Waals surface area (Å²) in [6.45, 7) is 4.02. The van der Waals surface area contributed by atoms with Gasteiger partial charge < -0.3 is 14.8 Å². The third-order valence-corrected chi connectivity index (χ3v) is 7.81. The molecular weight excluding hydrogens is 478 g/mol. The molecule has 7 heteroatoms. The van der Waals surface area contributed by atoms with E-state index in [1.54, 1.807) is 31.4 Å². The summed E-state index contributed by atoms with van der Waals surface area (Å²) in [7, 11) is 1.58. The van der Waals surface area contributed by atoms with E-state index in [1.807, 2.05) is 44.2 Å². The van der Waals surface area contributed by atoms with Gasteiger partial charge in [-0.15, -0.1) is 0 Å². The number of carbonyl (C=O) groups is 2. The fraction of sp³-hybridized carbons (Fsp3) is 0.258. The normalized spacial score (nSPS) is 18.7. The van der Waals surface area contributed by atoms with Crippen molar-refractivity contribution in [2.24, 2.45) is 0 Å². The molecule has 2 heterocycles. The highest BCUT2D eigenvalue weighted by atomic mass is 16.5. The molecule has 1 atom stereocenters. The van der Waals surface area contributed by atoms with Gasteiger partial charge in [0, 0.05) is 5.56 Å². The molecule has 1 amide bonds. The minimum Gasteiger partial charge on any atom is -0.507 e. The maximum Gasteiger partial charge on any atom is 0.302 e. The molecule has 2 N–H and O–H groups in total. The summed E-state index contributed by atoms with van der Waals surface area (Å²) in [5.41, 5.74) is 7.34. The third kappa shape index (κ3) is 3.86. The van der Waals surface area contributed by atoms with Crippen molar-refractivity contribution in [1.82, 2.24) is 9.97 Å². The van der Waals surface area contributed by atoms with Crippen molar-refractivity contribution in [2.45, 2.75) is 45.6 Å². The first-order valence-electron chi connectivity index (χ1n) is 12.9. The molecule has 7 nitrogen and oxygen atoms in total. The van der Waals surface area contributed by atoms with E-state index in [4.69, 9.17) is 4.74 Å². The number of Topliss-reactive ketones (excluding diaryl/α,β-unsaturated/α-hetero) is 1. The van der Waals surface area contributed by atoms with Crippen LogP contribution in [0, 0.1) is 13.8 Å². The van der Waals surface area contributed by atoms with Gasteiger partial charge in [-0.3, -0.25) is 14.5 Å². The van der Waals surface area contributed by atoms with E-state index < -0.39 is 17.7 Å². The monoisotopic (exact) mass is 507 g/mol. The number of amides is 1. The molecule has 0 saturated carbocycles. The number of aryl methyl sites for hydroxylation is 4. The Morgan fingerprint density at radius 2 is 1.68 bits per heavy atom. The van der Waals surface area contributed by atoms with Gasteiger partial charge in [0.05, 0.1) is 29.8 Å². The number of fused-ring (bicyclic) bond motifs is 2. The second-order valence-corrected chi connectivity index (χ2v) is 10.1. The summed E-state index contributed by atoms with van der Waals surface area (Å²) in [4.78, 5) is 36.4. The molecule has 1 aliphatic carbocycles. The highest BCUT2D eigenvalue weighted by molar-refractivity contribution is 6.51. The molecule has 38 heavy (non-hydrogen) atoms. The molecule has 1 unspecified atom stereocenters. The van der Waals surface area contributed by atoms with Gasteiger partial charge in [0.25, 0.3) is 5.78 Å². The zero-order valence-electron chi connectivity index (χ0n) is 21.7. The number of nitrogens with zero attached hydrogens (tertiary/aromatic N) is 2. The van der Waals surface area contributed by atoms with Crippen molar-refractivity contribution < 1.29 is 19.4 Å². The Morgan fingerprint density at radius 1 is 0.974 bits per heavy atom. The summed E-state index contributed by atoms with van der Waals surface area (Å²) < 4.78 is 5.32. The van der Waals surface area contributed by atoms with Gasteiger partial charge in [-0.05, 0) is 97.7 Å². The van der Waals surface area contributed by atoms with Gasteiger partial charge in [-0.2, -0.15) is 0 Å². The fourth-order valence-corrected chi connectivity index (χ4v) is 5.56. The van der Waals surface area contributed by atoms with Crippen LogP contribution >= 0.6 is 0 Å². The maximum atomic E-state index is 13.5. The smallest absolute Gasteiger partial charge is 0.302 e. The van der Waals surface area contributed by atoms with Crippen molar-refractivity contribution in [3.8, 4) is 5.75 Å². The Balaban J connectivity index is 1.53. The lowest BCUT2D eigenvalue weighted by molar-refractivity contribution is -0.132. The zero-order valence-corrected chi connectivity index (χ0v) is 21.7. The van der Waals surface area contributed by atoms with E-state index in [1.165, 1.54) is 16.0 Å². The van der Waals surface area contributed by atoms with Crippen LogP contribution in [0.3, 0.4) is 0 Å². The minimum atomic E-state index is -0.861. The number of hydrogen-bond donors (Lipinski definition) is 2. The van der Waals surface area contributed by atoms with Crippen LogP contribution in [0.5, 0.6) is 5.75 Å². The Bertz CT molecular complexity index is 1590. The van der Waals surface area contributed by atoms with E-state index in [0.717, 1.165) is 42.3 Å². The first kappa shape index (κ1) is 24.0. The van der Waals surface area contributed by atoms with Crippen molar-refractivity contribution >= 4 is 34.4 Å². The number of anilines is 1. The molecule has 2 aliphatic rings. The lowest BCUT2D eigenvalue weighted by Crippen LogP contribution is -2.30. The number of methoxy groups -OCH3 is 1. The summed E-state index contributed by atoms with van der Waals surface area (Å²) in [5, 5.41) is 11.5. The number of nitrogens with one attached hydrogen (secondary N) is 1. The highest BCUT2D eigenvalue weighted by Gasteiger charge is 2.48. The molecule has 0 spiro atoms. The lowest BCUT2D eigenvalue weighted by Gasteiger charge is -2.23. The average molecular weight is 508 g/mol.